The van der Waals surface area contributed by atoms with Gasteiger partial charge in [-0.05, 0) is 70.1 Å². The standard InChI is InChI=1S/C19H28FNO3/c1-19(2,3)24-18(23)21-12-10-14(11-13-21)4-9-17(22)15-5-7-16(20)8-6-15/h5-8,14,17,22H,4,9-13H2,1-3H3. The molecular weight excluding hydrogens is 309 g/mol. The molecule has 24 heavy (non-hydrogen) atoms. The van der Waals surface area contributed by atoms with Crippen molar-refractivity contribution in [3.8, 4) is 0 Å². The summed E-state index contributed by atoms with van der Waals surface area (Å²) in [6.45, 7) is 7.01. The lowest BCUT2D eigenvalue weighted by atomic mass is 9.90. The summed E-state index contributed by atoms with van der Waals surface area (Å²) in [6.07, 6.45) is 2.61. The number of likely N-dealkylation sites (tertiary alicyclic amines) is 1. The van der Waals surface area contributed by atoms with Crippen LogP contribution in [-0.4, -0.2) is 34.8 Å². The van der Waals surface area contributed by atoms with Crippen molar-refractivity contribution in [3.63, 3.8) is 0 Å². The minimum atomic E-state index is -0.561. The summed E-state index contributed by atoms with van der Waals surface area (Å²) in [5.74, 6) is 0.208. The van der Waals surface area contributed by atoms with E-state index in [-0.39, 0.29) is 11.9 Å². The summed E-state index contributed by atoms with van der Waals surface area (Å²) in [6, 6.07) is 6.01. The zero-order chi connectivity index (χ0) is 17.7. The molecule has 134 valence electrons. The molecule has 5 heteroatoms. The topological polar surface area (TPSA) is 49.8 Å². The number of carbonyl (C=O) groups excluding carboxylic acids is 1. The van der Waals surface area contributed by atoms with Gasteiger partial charge in [-0.3, -0.25) is 0 Å². The predicted molar refractivity (Wildman–Crippen MR) is 91.1 cm³/mol. The van der Waals surface area contributed by atoms with Crippen LogP contribution >= 0.6 is 0 Å². The van der Waals surface area contributed by atoms with Crippen LogP contribution in [0.2, 0.25) is 0 Å². The van der Waals surface area contributed by atoms with Crippen molar-refractivity contribution in [2.45, 2.75) is 58.2 Å². The van der Waals surface area contributed by atoms with Gasteiger partial charge in [0.15, 0.2) is 0 Å². The molecule has 0 spiro atoms. The Hall–Kier alpha value is -1.62. The van der Waals surface area contributed by atoms with E-state index in [2.05, 4.69) is 0 Å². The van der Waals surface area contributed by atoms with Gasteiger partial charge in [-0.1, -0.05) is 12.1 Å². The van der Waals surface area contributed by atoms with Crippen LogP contribution in [0.1, 0.15) is 58.1 Å². The van der Waals surface area contributed by atoms with E-state index in [9.17, 15) is 14.3 Å². The van der Waals surface area contributed by atoms with Crippen LogP contribution in [0.4, 0.5) is 9.18 Å². The molecule has 1 aliphatic heterocycles. The molecule has 0 radical (unpaired) electrons. The molecule has 2 rings (SSSR count). The molecule has 0 aromatic heterocycles. The van der Waals surface area contributed by atoms with Gasteiger partial charge in [-0.2, -0.15) is 0 Å². The zero-order valence-corrected chi connectivity index (χ0v) is 14.8. The van der Waals surface area contributed by atoms with Crippen molar-refractivity contribution < 1.29 is 19.0 Å². The molecule has 0 saturated carbocycles. The van der Waals surface area contributed by atoms with E-state index in [0.717, 1.165) is 24.8 Å². The predicted octanol–water partition coefficient (Wildman–Crippen LogP) is 4.29. The Balaban J connectivity index is 1.73. The number of hydrogen-bond donors (Lipinski definition) is 1. The summed E-state index contributed by atoms with van der Waals surface area (Å²) >= 11 is 0. The Morgan fingerprint density at radius 2 is 1.88 bits per heavy atom. The van der Waals surface area contributed by atoms with Crippen molar-refractivity contribution in [2.24, 2.45) is 5.92 Å². The molecule has 1 aliphatic rings. The van der Waals surface area contributed by atoms with Gasteiger partial charge in [0.25, 0.3) is 0 Å². The lowest BCUT2D eigenvalue weighted by molar-refractivity contribution is 0.0174. The van der Waals surface area contributed by atoms with Gasteiger partial charge >= 0.3 is 6.09 Å². The highest BCUT2D eigenvalue weighted by Gasteiger charge is 2.27. The smallest absolute Gasteiger partial charge is 0.410 e. The summed E-state index contributed by atoms with van der Waals surface area (Å²) in [7, 11) is 0. The molecule has 1 heterocycles. The van der Waals surface area contributed by atoms with Crippen LogP contribution in [0, 0.1) is 11.7 Å². The molecule has 1 unspecified atom stereocenters. The molecule has 1 N–H and O–H groups in total. The van der Waals surface area contributed by atoms with Crippen LogP contribution in [0.15, 0.2) is 24.3 Å². The van der Waals surface area contributed by atoms with Gasteiger partial charge in [0.2, 0.25) is 0 Å². The fourth-order valence-corrected chi connectivity index (χ4v) is 2.98. The van der Waals surface area contributed by atoms with Crippen LogP contribution in [0.3, 0.4) is 0 Å². The Bertz CT molecular complexity index is 531. The first-order chi connectivity index (χ1) is 11.2. The Morgan fingerprint density at radius 3 is 2.42 bits per heavy atom. The molecular formula is C19H28FNO3. The van der Waals surface area contributed by atoms with E-state index in [1.165, 1.54) is 12.1 Å². The van der Waals surface area contributed by atoms with Crippen molar-refractivity contribution in [2.75, 3.05) is 13.1 Å². The third-order valence-electron chi connectivity index (χ3n) is 4.37. The van der Waals surface area contributed by atoms with Gasteiger partial charge in [-0.15, -0.1) is 0 Å². The summed E-state index contributed by atoms with van der Waals surface area (Å²) in [5, 5.41) is 10.2. The number of piperidine rings is 1. The number of aliphatic hydroxyl groups excluding tert-OH is 1. The molecule has 1 amide bonds. The van der Waals surface area contributed by atoms with Crippen LogP contribution in [-0.2, 0) is 4.74 Å². The number of benzene rings is 1. The van der Waals surface area contributed by atoms with Crippen molar-refractivity contribution in [3.05, 3.63) is 35.6 Å². The quantitative estimate of drug-likeness (QED) is 0.892. The molecule has 1 fully saturated rings. The van der Waals surface area contributed by atoms with Crippen molar-refractivity contribution >= 4 is 6.09 Å². The second kappa shape index (κ2) is 7.97. The SMILES string of the molecule is CC(C)(C)OC(=O)N1CCC(CCC(O)c2ccc(F)cc2)CC1. The third-order valence-corrected chi connectivity index (χ3v) is 4.37. The maximum Gasteiger partial charge on any atom is 0.410 e. The van der Waals surface area contributed by atoms with E-state index in [4.69, 9.17) is 4.74 Å². The zero-order valence-electron chi connectivity index (χ0n) is 14.8. The fraction of sp³-hybridized carbons (Fsp3) is 0.632. The minimum absolute atomic E-state index is 0.243. The van der Waals surface area contributed by atoms with Gasteiger partial charge in [0.1, 0.15) is 11.4 Å². The van der Waals surface area contributed by atoms with E-state index >= 15 is 0 Å². The first-order valence-electron chi connectivity index (χ1n) is 8.66. The monoisotopic (exact) mass is 337 g/mol. The number of nitrogens with zero attached hydrogens (tertiary/aromatic N) is 1. The summed E-state index contributed by atoms with van der Waals surface area (Å²) in [5.41, 5.74) is 0.287. The normalized spacial score (nSPS) is 17.6. The summed E-state index contributed by atoms with van der Waals surface area (Å²) < 4.78 is 18.3. The van der Waals surface area contributed by atoms with E-state index in [0.29, 0.717) is 25.4 Å². The minimum Gasteiger partial charge on any atom is -0.444 e. The second-order valence-corrected chi connectivity index (χ2v) is 7.56. The molecule has 1 saturated heterocycles. The third kappa shape index (κ3) is 5.78. The molecule has 4 nitrogen and oxygen atoms in total. The van der Waals surface area contributed by atoms with E-state index < -0.39 is 11.7 Å². The molecule has 1 atom stereocenters. The van der Waals surface area contributed by atoms with Gasteiger partial charge in [-0.25, -0.2) is 9.18 Å². The number of hydrogen-bond acceptors (Lipinski definition) is 3. The molecule has 0 bridgehead atoms. The van der Waals surface area contributed by atoms with Crippen molar-refractivity contribution in [1.82, 2.24) is 4.90 Å². The van der Waals surface area contributed by atoms with E-state index in [1.54, 1.807) is 17.0 Å². The number of amides is 1. The number of halogens is 1. The first kappa shape index (κ1) is 18.7. The van der Waals surface area contributed by atoms with E-state index in [1.807, 2.05) is 20.8 Å². The average molecular weight is 337 g/mol. The lowest BCUT2D eigenvalue weighted by Crippen LogP contribution is -2.41. The first-order valence-corrected chi connectivity index (χ1v) is 8.66. The highest BCUT2D eigenvalue weighted by molar-refractivity contribution is 5.68. The van der Waals surface area contributed by atoms with Gasteiger partial charge in [0, 0.05) is 13.1 Å². The number of ether oxygens (including phenoxy) is 1. The largest absolute Gasteiger partial charge is 0.444 e. The number of aliphatic hydroxyl groups is 1. The summed E-state index contributed by atoms with van der Waals surface area (Å²) in [4.78, 5) is 13.8. The highest BCUT2D eigenvalue weighted by atomic mass is 19.1. The lowest BCUT2D eigenvalue weighted by Gasteiger charge is -2.33. The van der Waals surface area contributed by atoms with Gasteiger partial charge in [0.05, 0.1) is 6.10 Å². The van der Waals surface area contributed by atoms with Crippen LogP contribution < -0.4 is 0 Å². The molecule has 1 aromatic carbocycles. The molecule has 1 aromatic rings. The highest BCUT2D eigenvalue weighted by Crippen LogP contribution is 2.27. The van der Waals surface area contributed by atoms with Crippen LogP contribution in [0.5, 0.6) is 0 Å². The number of carbonyl (C=O) groups is 1. The molecule has 0 aliphatic carbocycles. The maximum atomic E-state index is 12.9. The fourth-order valence-electron chi connectivity index (χ4n) is 2.98. The number of rotatable bonds is 4. The second-order valence-electron chi connectivity index (χ2n) is 7.56. The Morgan fingerprint density at radius 1 is 1.29 bits per heavy atom. The van der Waals surface area contributed by atoms with Crippen LogP contribution in [0.25, 0.3) is 0 Å². The Labute approximate surface area is 143 Å². The maximum absolute atomic E-state index is 12.9. The van der Waals surface area contributed by atoms with Crippen molar-refractivity contribution in [1.29, 1.82) is 0 Å². The van der Waals surface area contributed by atoms with Gasteiger partial charge < -0.3 is 14.7 Å². The Kier molecular flexibility index (Phi) is 6.21. The average Bonchev–Trinajstić information content (AvgIpc) is 2.52.